The van der Waals surface area contributed by atoms with Crippen LogP contribution in [-0.4, -0.2) is 9.97 Å². The molecule has 0 aliphatic carbocycles. The summed E-state index contributed by atoms with van der Waals surface area (Å²) < 4.78 is 0.784. The van der Waals surface area contributed by atoms with Crippen molar-refractivity contribution in [1.82, 2.24) is 9.97 Å². The zero-order valence-electron chi connectivity index (χ0n) is 11.1. The zero-order valence-corrected chi connectivity index (χ0v) is 12.7. The normalized spacial score (nSPS) is 10.3. The molecule has 0 aliphatic rings. The molecule has 3 rings (SSSR count). The molecule has 4 nitrogen and oxygen atoms in total. The van der Waals surface area contributed by atoms with E-state index in [4.69, 9.17) is 5.73 Å². The quantitative estimate of drug-likeness (QED) is 0.748. The molecule has 2 aromatic carbocycles. The van der Waals surface area contributed by atoms with E-state index >= 15 is 0 Å². The predicted octanol–water partition coefficient (Wildman–Crippen LogP) is 4.23. The van der Waals surface area contributed by atoms with Crippen LogP contribution >= 0.6 is 15.9 Å². The van der Waals surface area contributed by atoms with E-state index in [1.807, 2.05) is 60.7 Å². The van der Waals surface area contributed by atoms with Crippen molar-refractivity contribution in [1.29, 1.82) is 0 Å². The Hall–Kier alpha value is -2.40. The van der Waals surface area contributed by atoms with Gasteiger partial charge >= 0.3 is 0 Å². The fourth-order valence-corrected chi connectivity index (χ4v) is 2.50. The first kappa shape index (κ1) is 13.6. The van der Waals surface area contributed by atoms with Gasteiger partial charge in [0.15, 0.2) is 5.82 Å². The monoisotopic (exact) mass is 340 g/mol. The number of hydrogen-bond acceptors (Lipinski definition) is 4. The predicted molar refractivity (Wildman–Crippen MR) is 89.3 cm³/mol. The van der Waals surface area contributed by atoms with Crippen molar-refractivity contribution >= 4 is 33.4 Å². The first-order valence-electron chi connectivity index (χ1n) is 6.44. The molecule has 0 fully saturated rings. The Bertz CT molecular complexity index is 745. The highest BCUT2D eigenvalue weighted by Crippen LogP contribution is 2.33. The number of nitrogens with two attached hydrogens (primary N) is 1. The first-order chi connectivity index (χ1) is 10.2. The second kappa shape index (κ2) is 5.93. The third kappa shape index (κ3) is 3.03. The Balaban J connectivity index is 2.04. The van der Waals surface area contributed by atoms with Gasteiger partial charge in [0.05, 0.1) is 10.2 Å². The number of hydrogen-bond donors (Lipinski definition) is 2. The number of benzene rings is 2. The maximum atomic E-state index is 5.84. The Labute approximate surface area is 131 Å². The van der Waals surface area contributed by atoms with Crippen molar-refractivity contribution in [3.8, 4) is 11.3 Å². The van der Waals surface area contributed by atoms with Crippen molar-refractivity contribution in [2.75, 3.05) is 11.1 Å². The van der Waals surface area contributed by atoms with Crippen LogP contribution < -0.4 is 11.1 Å². The van der Waals surface area contributed by atoms with Crippen molar-refractivity contribution < 1.29 is 0 Å². The average Bonchev–Trinajstić information content (AvgIpc) is 2.52. The lowest BCUT2D eigenvalue weighted by Gasteiger charge is -2.11. The second-order valence-corrected chi connectivity index (χ2v) is 5.24. The van der Waals surface area contributed by atoms with Gasteiger partial charge in [0.2, 0.25) is 5.95 Å². The van der Waals surface area contributed by atoms with E-state index in [-0.39, 0.29) is 5.95 Å². The summed E-state index contributed by atoms with van der Waals surface area (Å²) in [5.41, 5.74) is 8.52. The highest BCUT2D eigenvalue weighted by atomic mass is 79.9. The van der Waals surface area contributed by atoms with Crippen LogP contribution in [0.1, 0.15) is 0 Å². The van der Waals surface area contributed by atoms with Crippen LogP contribution in [0.5, 0.6) is 0 Å². The van der Waals surface area contributed by atoms with Gasteiger partial charge in [0.1, 0.15) is 0 Å². The number of nitrogens with one attached hydrogen (secondary N) is 1. The smallest absolute Gasteiger partial charge is 0.222 e. The van der Waals surface area contributed by atoms with Gasteiger partial charge in [-0.15, -0.1) is 0 Å². The van der Waals surface area contributed by atoms with E-state index in [0.717, 1.165) is 21.4 Å². The van der Waals surface area contributed by atoms with Crippen LogP contribution in [0.2, 0.25) is 0 Å². The van der Waals surface area contributed by atoms with Crippen LogP contribution in [0.25, 0.3) is 11.3 Å². The summed E-state index contributed by atoms with van der Waals surface area (Å²) in [6.45, 7) is 0. The molecule has 1 heterocycles. The molecule has 0 aliphatic heterocycles. The number of rotatable bonds is 3. The maximum absolute atomic E-state index is 5.84. The minimum absolute atomic E-state index is 0.232. The fraction of sp³-hybridized carbons (Fsp3) is 0. The van der Waals surface area contributed by atoms with Gasteiger partial charge in [-0.3, -0.25) is 0 Å². The standard InChI is InChI=1S/C16H13BrN4/c17-13-14(11-7-3-1-4-8-11)20-16(18)21-15(13)19-12-9-5-2-6-10-12/h1-10H,(H3,18,19,20,21). The summed E-state index contributed by atoms with van der Waals surface area (Å²) in [5.74, 6) is 0.878. The maximum Gasteiger partial charge on any atom is 0.222 e. The van der Waals surface area contributed by atoms with E-state index in [9.17, 15) is 0 Å². The second-order valence-electron chi connectivity index (χ2n) is 4.45. The van der Waals surface area contributed by atoms with Gasteiger partial charge in [-0.2, -0.15) is 4.98 Å². The van der Waals surface area contributed by atoms with Gasteiger partial charge in [0, 0.05) is 11.3 Å². The molecule has 104 valence electrons. The summed E-state index contributed by atoms with van der Waals surface area (Å²) in [7, 11) is 0. The molecule has 21 heavy (non-hydrogen) atoms. The fourth-order valence-electron chi connectivity index (χ4n) is 1.99. The zero-order chi connectivity index (χ0) is 14.7. The van der Waals surface area contributed by atoms with Gasteiger partial charge < -0.3 is 11.1 Å². The lowest BCUT2D eigenvalue weighted by atomic mass is 10.1. The number of para-hydroxylation sites is 1. The number of nitrogens with zero attached hydrogens (tertiary/aromatic N) is 2. The number of nitrogen functional groups attached to an aromatic ring is 1. The van der Waals surface area contributed by atoms with Gasteiger partial charge in [-0.1, -0.05) is 48.5 Å². The highest BCUT2D eigenvalue weighted by molar-refractivity contribution is 9.10. The minimum atomic E-state index is 0.232. The molecule has 3 N–H and O–H groups in total. The van der Waals surface area contributed by atoms with Gasteiger partial charge in [0.25, 0.3) is 0 Å². The van der Waals surface area contributed by atoms with Crippen molar-refractivity contribution in [2.24, 2.45) is 0 Å². The van der Waals surface area contributed by atoms with Crippen LogP contribution in [0.3, 0.4) is 0 Å². The van der Waals surface area contributed by atoms with E-state index in [1.165, 1.54) is 0 Å². The van der Waals surface area contributed by atoms with Crippen LogP contribution in [-0.2, 0) is 0 Å². The molecule has 0 bridgehead atoms. The number of halogens is 1. The Morgan fingerprint density at radius 2 is 1.48 bits per heavy atom. The van der Waals surface area contributed by atoms with Gasteiger partial charge in [-0.25, -0.2) is 4.98 Å². The summed E-state index contributed by atoms with van der Waals surface area (Å²) in [6.07, 6.45) is 0. The third-order valence-electron chi connectivity index (χ3n) is 2.95. The summed E-state index contributed by atoms with van der Waals surface area (Å²) in [5, 5.41) is 3.25. The van der Waals surface area contributed by atoms with Crippen LogP contribution in [0, 0.1) is 0 Å². The summed E-state index contributed by atoms with van der Waals surface area (Å²) >= 11 is 3.57. The Kier molecular flexibility index (Phi) is 3.83. The SMILES string of the molecule is Nc1nc(Nc2ccccc2)c(Br)c(-c2ccccc2)n1. The van der Waals surface area contributed by atoms with E-state index in [0.29, 0.717) is 5.82 Å². The van der Waals surface area contributed by atoms with E-state index in [2.05, 4.69) is 31.2 Å². The molecular weight excluding hydrogens is 328 g/mol. The topological polar surface area (TPSA) is 63.8 Å². The molecule has 0 saturated heterocycles. The van der Waals surface area contributed by atoms with E-state index < -0.39 is 0 Å². The third-order valence-corrected chi connectivity index (χ3v) is 3.70. The Morgan fingerprint density at radius 3 is 2.14 bits per heavy atom. The molecule has 5 heteroatoms. The van der Waals surface area contributed by atoms with Crippen LogP contribution in [0.15, 0.2) is 65.1 Å². The molecule has 0 saturated carbocycles. The molecule has 0 atom stereocenters. The lowest BCUT2D eigenvalue weighted by Crippen LogP contribution is -2.03. The van der Waals surface area contributed by atoms with Crippen LogP contribution in [0.4, 0.5) is 17.5 Å². The van der Waals surface area contributed by atoms with Crippen molar-refractivity contribution in [3.63, 3.8) is 0 Å². The van der Waals surface area contributed by atoms with Crippen molar-refractivity contribution in [2.45, 2.75) is 0 Å². The van der Waals surface area contributed by atoms with Crippen molar-refractivity contribution in [3.05, 3.63) is 65.1 Å². The highest BCUT2D eigenvalue weighted by Gasteiger charge is 2.12. The Morgan fingerprint density at radius 1 is 0.857 bits per heavy atom. The lowest BCUT2D eigenvalue weighted by molar-refractivity contribution is 1.17. The van der Waals surface area contributed by atoms with E-state index in [1.54, 1.807) is 0 Å². The largest absolute Gasteiger partial charge is 0.368 e. The number of aromatic nitrogens is 2. The molecule has 0 spiro atoms. The molecule has 0 unspecified atom stereocenters. The molecule has 0 amide bonds. The summed E-state index contributed by atoms with van der Waals surface area (Å²) in [6, 6.07) is 19.7. The van der Waals surface area contributed by atoms with Gasteiger partial charge in [-0.05, 0) is 28.1 Å². The molecule has 3 aromatic rings. The molecular formula is C16H13BrN4. The average molecular weight is 341 g/mol. The number of anilines is 3. The first-order valence-corrected chi connectivity index (χ1v) is 7.24. The summed E-state index contributed by atoms with van der Waals surface area (Å²) in [4.78, 5) is 8.59. The molecule has 1 aromatic heterocycles. The molecule has 0 radical (unpaired) electrons. The minimum Gasteiger partial charge on any atom is -0.368 e.